The molecular formula is C80H148N2O7P+. The predicted molar refractivity (Wildman–Crippen MR) is 392 cm³/mol. The van der Waals surface area contributed by atoms with Crippen molar-refractivity contribution < 1.29 is 37.3 Å². The summed E-state index contributed by atoms with van der Waals surface area (Å²) < 4.78 is 30.9. The van der Waals surface area contributed by atoms with E-state index in [2.05, 4.69) is 99.0 Å². The fraction of sp³-hybridized carbons (Fsp3) is 0.800. The van der Waals surface area contributed by atoms with Crippen LogP contribution in [0.3, 0.4) is 0 Å². The van der Waals surface area contributed by atoms with Crippen LogP contribution < -0.4 is 5.32 Å². The van der Waals surface area contributed by atoms with Gasteiger partial charge in [-0.3, -0.25) is 18.6 Å². The number of phosphoric ester groups is 1. The summed E-state index contributed by atoms with van der Waals surface area (Å²) in [5, 5.41) is 3.08. The number of esters is 1. The summed E-state index contributed by atoms with van der Waals surface area (Å²) in [4.78, 5) is 38.0. The monoisotopic (exact) mass is 1280 g/mol. The Morgan fingerprint density at radius 3 is 1.03 bits per heavy atom. The highest BCUT2D eigenvalue weighted by atomic mass is 31.2. The molecule has 0 aromatic carbocycles. The summed E-state index contributed by atoms with van der Waals surface area (Å²) in [6.45, 7) is 7.00. The standard InChI is InChI=1S/C80H147N2O7P/c1-7-10-13-16-19-22-25-28-30-32-34-36-38-40-41-43-45-47-49-51-53-55-58-61-64-67-70-73-80(84)89-78(71-68-65-62-59-56-27-24-21-18-15-12-9-3)77(76-88-90(85,86)87-75-74-82(4,5)6)81-79(83)72-69-66-63-60-57-54-52-50-48-46-44-42-39-37-35-33-31-29-26-23-20-17-14-11-8-2/h19-20,22-23,28-31,34-37,68,71,77-78H,7-18,21,24-27,32-33,38-67,69-70,72-76H2,1-6H3,(H-,81,83,85,86)/p+1/b22-19-,23-20-,30-28-,31-29-,36-34-,37-35-,71-68+. The average molecular weight is 1280 g/mol. The number of nitrogens with zero attached hydrogens (tertiary/aromatic N) is 1. The van der Waals surface area contributed by atoms with Gasteiger partial charge < -0.3 is 19.4 Å². The summed E-state index contributed by atoms with van der Waals surface area (Å²) in [6.07, 6.45) is 93.2. The summed E-state index contributed by atoms with van der Waals surface area (Å²) in [6, 6.07) is -0.854. The van der Waals surface area contributed by atoms with Crippen LogP contribution in [0.2, 0.25) is 0 Å². The summed E-state index contributed by atoms with van der Waals surface area (Å²) in [7, 11) is 1.50. The van der Waals surface area contributed by atoms with Crippen molar-refractivity contribution in [2.75, 3.05) is 40.9 Å². The zero-order valence-electron chi connectivity index (χ0n) is 60.1. The second kappa shape index (κ2) is 69.0. The number of quaternary nitrogens is 1. The Labute approximate surface area is 558 Å². The van der Waals surface area contributed by atoms with Crippen LogP contribution in [0.15, 0.2) is 85.1 Å². The first-order chi connectivity index (χ1) is 43.9. The number of nitrogens with one attached hydrogen (secondary N) is 1. The number of rotatable bonds is 70. The zero-order chi connectivity index (χ0) is 65.6. The van der Waals surface area contributed by atoms with Gasteiger partial charge in [-0.25, -0.2) is 4.57 Å². The highest BCUT2D eigenvalue weighted by Crippen LogP contribution is 2.43. The molecule has 0 bridgehead atoms. The lowest BCUT2D eigenvalue weighted by molar-refractivity contribution is -0.870. The average Bonchev–Trinajstić information content (AvgIpc) is 3.12. The molecule has 3 unspecified atom stereocenters. The molecule has 9 nitrogen and oxygen atoms in total. The van der Waals surface area contributed by atoms with E-state index in [1.165, 1.54) is 244 Å². The maximum Gasteiger partial charge on any atom is 0.472 e. The van der Waals surface area contributed by atoms with Gasteiger partial charge in [-0.1, -0.05) is 324 Å². The van der Waals surface area contributed by atoms with Gasteiger partial charge in [-0.05, 0) is 109 Å². The number of carbonyl (C=O) groups is 2. The van der Waals surface area contributed by atoms with E-state index < -0.39 is 20.0 Å². The fourth-order valence-electron chi connectivity index (χ4n) is 11.1. The van der Waals surface area contributed by atoms with Gasteiger partial charge in [0.05, 0.1) is 33.8 Å². The van der Waals surface area contributed by atoms with E-state index in [1.807, 2.05) is 33.3 Å². The van der Waals surface area contributed by atoms with E-state index >= 15 is 0 Å². The van der Waals surface area contributed by atoms with Gasteiger partial charge >= 0.3 is 13.8 Å². The van der Waals surface area contributed by atoms with Crippen LogP contribution in [-0.4, -0.2) is 74.3 Å². The van der Waals surface area contributed by atoms with Crippen molar-refractivity contribution in [2.45, 2.75) is 373 Å². The van der Waals surface area contributed by atoms with Crippen LogP contribution in [0.1, 0.15) is 361 Å². The predicted octanol–water partition coefficient (Wildman–Crippen LogP) is 24.9. The molecule has 0 heterocycles. The molecule has 0 saturated heterocycles. The van der Waals surface area contributed by atoms with E-state index in [1.54, 1.807) is 0 Å². The molecule has 0 fully saturated rings. The largest absolute Gasteiger partial charge is 0.472 e. The summed E-state index contributed by atoms with van der Waals surface area (Å²) in [5.41, 5.74) is 0. The summed E-state index contributed by atoms with van der Waals surface area (Å²) in [5.74, 6) is -0.497. The number of ether oxygens (including phenoxy) is 1. The minimum atomic E-state index is -4.46. The Kier molecular flexibility index (Phi) is 66.9. The number of phosphoric acid groups is 1. The number of hydrogen-bond acceptors (Lipinski definition) is 6. The molecular weight excluding hydrogens is 1130 g/mol. The van der Waals surface area contributed by atoms with Crippen molar-refractivity contribution in [2.24, 2.45) is 0 Å². The second-order valence-electron chi connectivity index (χ2n) is 27.2. The van der Waals surface area contributed by atoms with Crippen molar-refractivity contribution >= 4 is 19.7 Å². The van der Waals surface area contributed by atoms with Crippen molar-refractivity contribution in [3.63, 3.8) is 0 Å². The maximum absolute atomic E-state index is 13.7. The number of allylic oxidation sites excluding steroid dienone is 13. The normalized spacial score (nSPS) is 13.9. The number of unbranched alkanes of at least 4 members (excludes halogenated alkanes) is 42. The molecule has 1 amide bonds. The van der Waals surface area contributed by atoms with Crippen LogP contribution in [0.5, 0.6) is 0 Å². The number of carbonyl (C=O) groups excluding carboxylic acids is 2. The topological polar surface area (TPSA) is 111 Å². The third kappa shape index (κ3) is 69.5. The molecule has 10 heteroatoms. The Morgan fingerprint density at radius 1 is 0.389 bits per heavy atom. The molecule has 0 aliphatic heterocycles. The lowest BCUT2D eigenvalue weighted by Gasteiger charge is -2.27. The van der Waals surface area contributed by atoms with Crippen LogP contribution in [0.4, 0.5) is 0 Å². The first-order valence-electron chi connectivity index (χ1n) is 38.4. The van der Waals surface area contributed by atoms with Crippen molar-refractivity contribution in [3.8, 4) is 0 Å². The maximum atomic E-state index is 13.7. The van der Waals surface area contributed by atoms with Gasteiger partial charge in [-0.15, -0.1) is 0 Å². The molecule has 90 heavy (non-hydrogen) atoms. The van der Waals surface area contributed by atoms with Gasteiger partial charge in [0.25, 0.3) is 0 Å². The lowest BCUT2D eigenvalue weighted by Crippen LogP contribution is -2.47. The smallest absolute Gasteiger partial charge is 0.456 e. The fourth-order valence-corrected chi connectivity index (χ4v) is 11.9. The molecule has 0 saturated carbocycles. The second-order valence-corrected chi connectivity index (χ2v) is 28.6. The highest BCUT2D eigenvalue weighted by Gasteiger charge is 2.30. The van der Waals surface area contributed by atoms with E-state index in [4.69, 9.17) is 13.8 Å². The summed E-state index contributed by atoms with van der Waals surface area (Å²) >= 11 is 0. The SMILES string of the molecule is CCCCC/C=C\C/C=C\C/C=C\CCCCCCCCCCCCCCCCC(=O)OC(/C=C/CCCCCCCCCCCC)C(COP(=O)(O)OCC[N+](C)(C)C)NC(=O)CCCCCCCCCCCCCC/C=C\C/C=C\C/C=C\CCCCC. The van der Waals surface area contributed by atoms with Crippen LogP contribution in [-0.2, 0) is 27.9 Å². The number of amides is 1. The molecule has 0 rings (SSSR count). The molecule has 0 spiro atoms. The third-order valence-corrected chi connectivity index (χ3v) is 18.0. The zero-order valence-corrected chi connectivity index (χ0v) is 61.0. The Morgan fingerprint density at radius 2 is 0.678 bits per heavy atom. The van der Waals surface area contributed by atoms with E-state index in [0.29, 0.717) is 17.4 Å². The van der Waals surface area contributed by atoms with E-state index in [-0.39, 0.29) is 31.5 Å². The van der Waals surface area contributed by atoms with Gasteiger partial charge in [0.1, 0.15) is 19.3 Å². The third-order valence-electron chi connectivity index (χ3n) is 17.1. The first kappa shape index (κ1) is 87.2. The van der Waals surface area contributed by atoms with Crippen LogP contribution in [0.25, 0.3) is 0 Å². The van der Waals surface area contributed by atoms with E-state index in [9.17, 15) is 19.0 Å². The van der Waals surface area contributed by atoms with Crippen LogP contribution in [0, 0.1) is 0 Å². The molecule has 0 aliphatic carbocycles. The molecule has 0 aromatic rings. The Balaban J connectivity index is 4.97. The minimum Gasteiger partial charge on any atom is -0.456 e. The molecule has 524 valence electrons. The molecule has 0 aromatic heterocycles. The van der Waals surface area contributed by atoms with Crippen molar-refractivity contribution in [1.29, 1.82) is 0 Å². The Bertz CT molecular complexity index is 1810. The number of likely N-dealkylation sites (N-methyl/N-ethyl adjacent to an activating group) is 1. The quantitative estimate of drug-likeness (QED) is 0.0205. The Hall–Kier alpha value is -2.81. The molecule has 3 atom stereocenters. The van der Waals surface area contributed by atoms with Gasteiger partial charge in [0.15, 0.2) is 0 Å². The van der Waals surface area contributed by atoms with E-state index in [0.717, 1.165) is 83.5 Å². The van der Waals surface area contributed by atoms with Crippen LogP contribution >= 0.6 is 7.82 Å². The minimum absolute atomic E-state index is 0.0384. The van der Waals surface area contributed by atoms with Crippen molar-refractivity contribution in [3.05, 3.63) is 85.1 Å². The molecule has 0 aliphatic rings. The van der Waals surface area contributed by atoms with Gasteiger partial charge in [0, 0.05) is 12.8 Å². The van der Waals surface area contributed by atoms with Gasteiger partial charge in [0.2, 0.25) is 5.91 Å². The van der Waals surface area contributed by atoms with Gasteiger partial charge in [-0.2, -0.15) is 0 Å². The molecule has 0 radical (unpaired) electrons. The highest BCUT2D eigenvalue weighted by molar-refractivity contribution is 7.47. The number of hydrogen-bond donors (Lipinski definition) is 2. The molecule has 2 N–H and O–H groups in total. The van der Waals surface area contributed by atoms with Crippen molar-refractivity contribution in [1.82, 2.24) is 5.32 Å². The lowest BCUT2D eigenvalue weighted by atomic mass is 10.0. The first-order valence-corrected chi connectivity index (χ1v) is 39.9.